The molecule has 1 saturated heterocycles. The second kappa shape index (κ2) is 8.30. The fourth-order valence-corrected chi connectivity index (χ4v) is 3.65. The average molecular weight is 398 g/mol. The zero-order chi connectivity index (χ0) is 21.0. The van der Waals surface area contributed by atoms with Crippen molar-refractivity contribution in [3.63, 3.8) is 0 Å². The Balaban J connectivity index is 0.000000353. The molecule has 4 rings (SSSR count). The lowest BCUT2D eigenvalue weighted by Gasteiger charge is -2.23. The van der Waals surface area contributed by atoms with E-state index < -0.39 is 11.9 Å². The number of carboxylic acid groups (broad SMARTS) is 2. The van der Waals surface area contributed by atoms with E-state index in [9.17, 15) is 4.79 Å². The highest BCUT2D eigenvalue weighted by atomic mass is 16.5. The van der Waals surface area contributed by atoms with Crippen LogP contribution in [0.25, 0.3) is 0 Å². The summed E-state index contributed by atoms with van der Waals surface area (Å²) >= 11 is 0. The molecule has 1 aromatic carbocycles. The van der Waals surface area contributed by atoms with Gasteiger partial charge in [-0.05, 0) is 31.0 Å². The molecular weight excluding hydrogens is 376 g/mol. The monoisotopic (exact) mass is 398 g/mol. The van der Waals surface area contributed by atoms with Crippen molar-refractivity contribution in [1.29, 1.82) is 0 Å². The molecule has 1 amide bonds. The average Bonchev–Trinajstić information content (AvgIpc) is 3.33. The first-order valence-corrected chi connectivity index (χ1v) is 9.29. The Kier molecular flexibility index (Phi) is 5.81. The second-order valence-corrected chi connectivity index (χ2v) is 7.04. The molecule has 8 nitrogen and oxygen atoms in total. The highest BCUT2D eigenvalue weighted by Crippen LogP contribution is 2.44. The van der Waals surface area contributed by atoms with Gasteiger partial charge in [-0.1, -0.05) is 25.1 Å². The molecule has 1 aromatic heterocycles. The van der Waals surface area contributed by atoms with E-state index in [2.05, 4.69) is 18.0 Å². The number of aryl methyl sites for hydroxylation is 1. The highest BCUT2D eigenvalue weighted by molar-refractivity contribution is 6.27. The first kappa shape index (κ1) is 20.3. The van der Waals surface area contributed by atoms with Crippen LogP contribution >= 0.6 is 0 Å². The van der Waals surface area contributed by atoms with Gasteiger partial charge in [-0.2, -0.15) is 0 Å². The van der Waals surface area contributed by atoms with E-state index in [1.807, 2.05) is 35.2 Å². The third-order valence-electron chi connectivity index (χ3n) is 5.22. The van der Waals surface area contributed by atoms with Crippen LogP contribution in [0.15, 0.2) is 42.6 Å². The summed E-state index contributed by atoms with van der Waals surface area (Å²) in [7, 11) is 0. The van der Waals surface area contributed by atoms with Crippen molar-refractivity contribution in [3.05, 3.63) is 59.4 Å². The van der Waals surface area contributed by atoms with E-state index in [0.717, 1.165) is 37.4 Å². The van der Waals surface area contributed by atoms with Crippen LogP contribution in [0, 0.1) is 0 Å². The summed E-state index contributed by atoms with van der Waals surface area (Å²) < 4.78 is 5.85. The van der Waals surface area contributed by atoms with Crippen LogP contribution in [0.2, 0.25) is 0 Å². The third kappa shape index (κ3) is 4.21. The smallest absolute Gasteiger partial charge is 0.414 e. The number of aliphatic carboxylic acids is 2. The summed E-state index contributed by atoms with van der Waals surface area (Å²) in [6.45, 7) is 4.22. The Morgan fingerprint density at radius 2 is 1.86 bits per heavy atom. The topological polar surface area (TPSA) is 117 Å². The number of benzene rings is 1. The van der Waals surface area contributed by atoms with Gasteiger partial charge in [0.15, 0.2) is 0 Å². The highest BCUT2D eigenvalue weighted by Gasteiger charge is 2.47. The van der Waals surface area contributed by atoms with E-state index in [-0.39, 0.29) is 11.3 Å². The maximum Gasteiger partial charge on any atom is 0.414 e. The van der Waals surface area contributed by atoms with E-state index in [1.54, 1.807) is 6.20 Å². The number of hydrogen-bond acceptors (Lipinski definition) is 5. The summed E-state index contributed by atoms with van der Waals surface area (Å²) in [6.07, 6.45) is 3.54. The zero-order valence-corrected chi connectivity index (χ0v) is 16.0. The first-order valence-electron chi connectivity index (χ1n) is 9.29. The van der Waals surface area contributed by atoms with Gasteiger partial charge >= 0.3 is 11.9 Å². The number of fused-ring (bicyclic) bond motifs is 2. The number of ether oxygens (including phenoxy) is 1. The number of carbonyl (C=O) groups excluding carboxylic acids is 1. The van der Waals surface area contributed by atoms with E-state index in [1.165, 1.54) is 5.56 Å². The van der Waals surface area contributed by atoms with Gasteiger partial charge in [0.05, 0.1) is 17.6 Å². The Hall–Kier alpha value is -3.42. The molecule has 152 valence electrons. The Morgan fingerprint density at radius 3 is 2.48 bits per heavy atom. The number of pyridine rings is 1. The molecule has 2 aromatic rings. The van der Waals surface area contributed by atoms with Crippen LogP contribution < -0.4 is 4.74 Å². The molecule has 8 heteroatoms. The van der Waals surface area contributed by atoms with Crippen LogP contribution in [0.3, 0.4) is 0 Å². The normalized spacial score (nSPS) is 19.1. The van der Waals surface area contributed by atoms with Gasteiger partial charge in [-0.3, -0.25) is 9.78 Å². The van der Waals surface area contributed by atoms with Gasteiger partial charge < -0.3 is 19.8 Å². The maximum absolute atomic E-state index is 12.7. The molecule has 1 atom stereocenters. The molecule has 29 heavy (non-hydrogen) atoms. The molecule has 2 aliphatic heterocycles. The Morgan fingerprint density at radius 1 is 1.14 bits per heavy atom. The Labute approximate surface area is 167 Å². The van der Waals surface area contributed by atoms with Crippen LogP contribution in [0.4, 0.5) is 0 Å². The van der Waals surface area contributed by atoms with E-state index >= 15 is 0 Å². The molecule has 0 saturated carbocycles. The van der Waals surface area contributed by atoms with Crippen molar-refractivity contribution in [2.24, 2.45) is 0 Å². The lowest BCUT2D eigenvalue weighted by Crippen LogP contribution is -2.35. The van der Waals surface area contributed by atoms with Crippen molar-refractivity contribution in [3.8, 4) is 5.75 Å². The molecule has 1 spiro atoms. The Bertz CT molecular complexity index is 915. The van der Waals surface area contributed by atoms with Crippen LogP contribution in [-0.2, 0) is 21.4 Å². The number of amides is 1. The van der Waals surface area contributed by atoms with Crippen molar-refractivity contribution >= 4 is 17.8 Å². The SMILES string of the molecule is CCc1ccc(C(=O)N2CCC3(COc4ccccc43)C2)cn1.O=C(O)C(=O)O. The lowest BCUT2D eigenvalue weighted by atomic mass is 9.82. The molecule has 1 unspecified atom stereocenters. The number of likely N-dealkylation sites (tertiary alicyclic amines) is 1. The van der Waals surface area contributed by atoms with Crippen LogP contribution in [-0.4, -0.2) is 57.6 Å². The minimum Gasteiger partial charge on any atom is -0.492 e. The number of carboxylic acids is 2. The van der Waals surface area contributed by atoms with Crippen LogP contribution in [0.1, 0.15) is 35.0 Å². The number of rotatable bonds is 2. The number of nitrogens with zero attached hydrogens (tertiary/aromatic N) is 2. The maximum atomic E-state index is 12.7. The summed E-state index contributed by atoms with van der Waals surface area (Å²) in [5, 5.41) is 14.8. The minimum absolute atomic E-state index is 0.0386. The number of carbonyl (C=O) groups is 3. The van der Waals surface area contributed by atoms with Crippen molar-refractivity contribution in [2.75, 3.05) is 19.7 Å². The van der Waals surface area contributed by atoms with Gasteiger partial charge in [-0.15, -0.1) is 0 Å². The standard InChI is InChI=1S/C19H20N2O2.C2H2O4/c1-2-15-8-7-14(11-20-15)18(22)21-10-9-19(12-21)13-23-17-6-4-3-5-16(17)19;3-1(4)2(5)6/h3-8,11H,2,9-10,12-13H2,1H3;(H,3,4)(H,5,6). The van der Waals surface area contributed by atoms with Gasteiger partial charge in [0.25, 0.3) is 5.91 Å². The zero-order valence-electron chi connectivity index (χ0n) is 16.0. The van der Waals surface area contributed by atoms with Gasteiger partial charge in [0, 0.05) is 30.5 Å². The molecule has 0 radical (unpaired) electrons. The first-order chi connectivity index (χ1) is 13.9. The molecule has 0 bridgehead atoms. The van der Waals surface area contributed by atoms with Gasteiger partial charge in [0.2, 0.25) is 0 Å². The summed E-state index contributed by atoms with van der Waals surface area (Å²) in [4.78, 5) is 37.2. The summed E-state index contributed by atoms with van der Waals surface area (Å²) in [5.41, 5.74) is 2.89. The summed E-state index contributed by atoms with van der Waals surface area (Å²) in [5.74, 6) is -2.61. The number of hydrogen-bond donors (Lipinski definition) is 2. The molecule has 1 fully saturated rings. The lowest BCUT2D eigenvalue weighted by molar-refractivity contribution is -0.159. The molecule has 2 aliphatic rings. The molecule has 3 heterocycles. The quantitative estimate of drug-likeness (QED) is 0.743. The summed E-state index contributed by atoms with van der Waals surface area (Å²) in [6, 6.07) is 12.0. The predicted molar refractivity (Wildman–Crippen MR) is 103 cm³/mol. The van der Waals surface area contributed by atoms with Gasteiger partial charge in [0.1, 0.15) is 5.75 Å². The van der Waals surface area contributed by atoms with Crippen molar-refractivity contribution in [1.82, 2.24) is 9.88 Å². The fraction of sp³-hybridized carbons (Fsp3) is 0.333. The molecule has 2 N–H and O–H groups in total. The molecular formula is C21H22N2O6. The van der Waals surface area contributed by atoms with Crippen LogP contribution in [0.5, 0.6) is 5.75 Å². The fourth-order valence-electron chi connectivity index (χ4n) is 3.65. The predicted octanol–water partition coefficient (Wildman–Crippen LogP) is 1.98. The third-order valence-corrected chi connectivity index (χ3v) is 5.22. The van der Waals surface area contributed by atoms with E-state index in [0.29, 0.717) is 12.2 Å². The molecule has 0 aliphatic carbocycles. The minimum atomic E-state index is -1.82. The van der Waals surface area contributed by atoms with Crippen molar-refractivity contribution in [2.45, 2.75) is 25.2 Å². The largest absolute Gasteiger partial charge is 0.492 e. The van der Waals surface area contributed by atoms with E-state index in [4.69, 9.17) is 24.5 Å². The number of para-hydroxylation sites is 1. The van der Waals surface area contributed by atoms with Crippen molar-refractivity contribution < 1.29 is 29.3 Å². The number of aromatic nitrogens is 1. The second-order valence-electron chi connectivity index (χ2n) is 7.04. The van der Waals surface area contributed by atoms with Gasteiger partial charge in [-0.25, -0.2) is 9.59 Å².